The average Bonchev–Trinajstić information content (AvgIpc) is 2.69. The normalized spacial score (nSPS) is 15.1. The van der Waals surface area contributed by atoms with Crippen molar-refractivity contribution in [3.05, 3.63) is 35.5 Å². The minimum absolute atomic E-state index is 0.0810. The molecule has 74 valence electrons. The summed E-state index contributed by atoms with van der Waals surface area (Å²) in [5, 5.41) is 9.07. The largest absolute Gasteiger partial charge is 0.392 e. The summed E-state index contributed by atoms with van der Waals surface area (Å²) < 4.78 is 0. The summed E-state index contributed by atoms with van der Waals surface area (Å²) >= 11 is 0. The van der Waals surface area contributed by atoms with Crippen LogP contribution in [0.15, 0.2) is 24.3 Å². The zero-order valence-electron chi connectivity index (χ0n) is 8.27. The molecule has 0 saturated carbocycles. The van der Waals surface area contributed by atoms with Gasteiger partial charge in [0.2, 0.25) is 0 Å². The zero-order chi connectivity index (χ0) is 9.97. The molecule has 0 radical (unpaired) electrons. The van der Waals surface area contributed by atoms with Gasteiger partial charge in [0.15, 0.2) is 0 Å². The Morgan fingerprint density at radius 1 is 1.36 bits per heavy atom. The van der Waals surface area contributed by atoms with Gasteiger partial charge in [0, 0.05) is 18.8 Å². The van der Waals surface area contributed by atoms with Crippen LogP contribution in [0.1, 0.15) is 11.3 Å². The van der Waals surface area contributed by atoms with E-state index in [-0.39, 0.29) is 6.61 Å². The highest BCUT2D eigenvalue weighted by atomic mass is 16.3. The fourth-order valence-electron chi connectivity index (χ4n) is 1.64. The van der Waals surface area contributed by atoms with Crippen molar-refractivity contribution < 1.29 is 5.11 Å². The SMILES string of the molecule is Cc1cc(CO)cc(N2CC=CC2)n1. The van der Waals surface area contributed by atoms with Gasteiger partial charge in [0.05, 0.1) is 6.61 Å². The van der Waals surface area contributed by atoms with Gasteiger partial charge in [-0.15, -0.1) is 0 Å². The number of pyridine rings is 1. The Hall–Kier alpha value is -1.35. The Kier molecular flexibility index (Phi) is 2.50. The molecule has 0 bridgehead atoms. The summed E-state index contributed by atoms with van der Waals surface area (Å²) in [6.07, 6.45) is 4.26. The third kappa shape index (κ3) is 1.77. The van der Waals surface area contributed by atoms with Crippen molar-refractivity contribution in [2.24, 2.45) is 0 Å². The summed E-state index contributed by atoms with van der Waals surface area (Å²) in [5.74, 6) is 0.957. The summed E-state index contributed by atoms with van der Waals surface area (Å²) in [6.45, 7) is 3.87. The number of hydrogen-bond acceptors (Lipinski definition) is 3. The molecule has 1 aliphatic rings. The molecule has 0 aromatic carbocycles. The fourth-order valence-corrected chi connectivity index (χ4v) is 1.64. The molecule has 0 aliphatic carbocycles. The van der Waals surface area contributed by atoms with Gasteiger partial charge < -0.3 is 10.0 Å². The Morgan fingerprint density at radius 2 is 2.07 bits per heavy atom. The standard InChI is InChI=1S/C11H14N2O/c1-9-6-10(8-14)7-11(12-9)13-4-2-3-5-13/h2-3,6-7,14H,4-5,8H2,1H3. The third-order valence-corrected chi connectivity index (χ3v) is 2.32. The molecule has 1 aromatic heterocycles. The van der Waals surface area contributed by atoms with Crippen molar-refractivity contribution in [2.75, 3.05) is 18.0 Å². The van der Waals surface area contributed by atoms with Gasteiger partial charge in [0.1, 0.15) is 5.82 Å². The number of aryl methyl sites for hydroxylation is 1. The minimum atomic E-state index is 0.0810. The van der Waals surface area contributed by atoms with Crippen molar-refractivity contribution in [3.63, 3.8) is 0 Å². The number of rotatable bonds is 2. The molecule has 0 fully saturated rings. The lowest BCUT2D eigenvalue weighted by molar-refractivity contribution is 0.281. The molecule has 0 atom stereocenters. The number of anilines is 1. The molecule has 3 nitrogen and oxygen atoms in total. The average molecular weight is 190 g/mol. The Morgan fingerprint density at radius 3 is 2.71 bits per heavy atom. The molecule has 1 N–H and O–H groups in total. The van der Waals surface area contributed by atoms with E-state index in [0.29, 0.717) is 0 Å². The van der Waals surface area contributed by atoms with Gasteiger partial charge in [-0.25, -0.2) is 4.98 Å². The van der Waals surface area contributed by atoms with Crippen LogP contribution in [0.4, 0.5) is 5.82 Å². The molecular weight excluding hydrogens is 176 g/mol. The first-order valence-electron chi connectivity index (χ1n) is 4.78. The highest BCUT2D eigenvalue weighted by molar-refractivity contribution is 5.45. The highest BCUT2D eigenvalue weighted by Crippen LogP contribution is 2.17. The van der Waals surface area contributed by atoms with Gasteiger partial charge in [0.25, 0.3) is 0 Å². The van der Waals surface area contributed by atoms with E-state index in [0.717, 1.165) is 30.2 Å². The first-order valence-corrected chi connectivity index (χ1v) is 4.78. The maximum absolute atomic E-state index is 9.07. The monoisotopic (exact) mass is 190 g/mol. The van der Waals surface area contributed by atoms with E-state index in [1.807, 2.05) is 19.1 Å². The molecule has 0 amide bonds. The number of aliphatic hydroxyl groups is 1. The topological polar surface area (TPSA) is 36.4 Å². The van der Waals surface area contributed by atoms with Crippen LogP contribution in [0.3, 0.4) is 0 Å². The smallest absolute Gasteiger partial charge is 0.129 e. The second-order valence-corrected chi connectivity index (χ2v) is 3.51. The molecular formula is C11H14N2O. The van der Waals surface area contributed by atoms with Gasteiger partial charge in [-0.3, -0.25) is 0 Å². The van der Waals surface area contributed by atoms with Crippen LogP contribution in [0.5, 0.6) is 0 Å². The Labute approximate surface area is 83.7 Å². The predicted octanol–water partition coefficient (Wildman–Crippen LogP) is 1.26. The maximum Gasteiger partial charge on any atom is 0.129 e. The molecule has 1 aromatic rings. The van der Waals surface area contributed by atoms with E-state index in [1.165, 1.54) is 0 Å². The van der Waals surface area contributed by atoms with Crippen LogP contribution >= 0.6 is 0 Å². The van der Waals surface area contributed by atoms with Gasteiger partial charge in [-0.1, -0.05) is 12.2 Å². The summed E-state index contributed by atoms with van der Waals surface area (Å²) in [7, 11) is 0. The third-order valence-electron chi connectivity index (χ3n) is 2.32. The van der Waals surface area contributed by atoms with Crippen LogP contribution in [-0.4, -0.2) is 23.2 Å². The Bertz CT molecular complexity index is 352. The lowest BCUT2D eigenvalue weighted by Gasteiger charge is -2.17. The van der Waals surface area contributed by atoms with Gasteiger partial charge in [-0.05, 0) is 24.6 Å². The quantitative estimate of drug-likeness (QED) is 0.713. The number of aliphatic hydroxyl groups excluding tert-OH is 1. The van der Waals surface area contributed by atoms with E-state index < -0.39 is 0 Å². The summed E-state index contributed by atoms with van der Waals surface area (Å²) in [5.41, 5.74) is 1.89. The van der Waals surface area contributed by atoms with Gasteiger partial charge in [-0.2, -0.15) is 0 Å². The van der Waals surface area contributed by atoms with Crippen LogP contribution in [0.25, 0.3) is 0 Å². The minimum Gasteiger partial charge on any atom is -0.392 e. The van der Waals surface area contributed by atoms with E-state index in [9.17, 15) is 0 Å². The molecule has 2 heterocycles. The zero-order valence-corrected chi connectivity index (χ0v) is 8.27. The summed E-state index contributed by atoms with van der Waals surface area (Å²) in [4.78, 5) is 6.61. The summed E-state index contributed by atoms with van der Waals surface area (Å²) in [6, 6.07) is 3.85. The van der Waals surface area contributed by atoms with E-state index in [1.54, 1.807) is 0 Å². The first kappa shape index (κ1) is 9.21. The molecule has 0 saturated heterocycles. The molecule has 0 spiro atoms. The Balaban J connectivity index is 2.28. The van der Waals surface area contributed by atoms with Crippen LogP contribution in [0, 0.1) is 6.92 Å². The van der Waals surface area contributed by atoms with Crippen LogP contribution < -0.4 is 4.90 Å². The lowest BCUT2D eigenvalue weighted by Crippen LogP contribution is -2.20. The van der Waals surface area contributed by atoms with Crippen LogP contribution in [0.2, 0.25) is 0 Å². The molecule has 3 heteroatoms. The molecule has 14 heavy (non-hydrogen) atoms. The first-order chi connectivity index (χ1) is 6.79. The number of aromatic nitrogens is 1. The fraction of sp³-hybridized carbons (Fsp3) is 0.364. The van der Waals surface area contributed by atoms with Crippen LogP contribution in [-0.2, 0) is 6.61 Å². The second kappa shape index (κ2) is 3.80. The number of hydrogen-bond donors (Lipinski definition) is 1. The molecule has 2 rings (SSSR count). The van der Waals surface area contributed by atoms with E-state index in [4.69, 9.17) is 5.11 Å². The predicted molar refractivity (Wildman–Crippen MR) is 56.2 cm³/mol. The van der Waals surface area contributed by atoms with Gasteiger partial charge >= 0.3 is 0 Å². The van der Waals surface area contributed by atoms with Crippen molar-refractivity contribution >= 4 is 5.82 Å². The van der Waals surface area contributed by atoms with E-state index >= 15 is 0 Å². The highest BCUT2D eigenvalue weighted by Gasteiger charge is 2.09. The molecule has 0 unspecified atom stereocenters. The maximum atomic E-state index is 9.07. The lowest BCUT2D eigenvalue weighted by atomic mass is 10.2. The van der Waals surface area contributed by atoms with E-state index in [2.05, 4.69) is 22.0 Å². The van der Waals surface area contributed by atoms with Crippen molar-refractivity contribution in [1.82, 2.24) is 4.98 Å². The van der Waals surface area contributed by atoms with Crippen molar-refractivity contribution in [2.45, 2.75) is 13.5 Å². The van der Waals surface area contributed by atoms with Crippen molar-refractivity contribution in [1.29, 1.82) is 0 Å². The van der Waals surface area contributed by atoms with Crippen molar-refractivity contribution in [3.8, 4) is 0 Å². The second-order valence-electron chi connectivity index (χ2n) is 3.51. The number of nitrogens with zero attached hydrogens (tertiary/aromatic N) is 2. The molecule has 1 aliphatic heterocycles.